The van der Waals surface area contributed by atoms with E-state index in [9.17, 15) is 9.59 Å². The van der Waals surface area contributed by atoms with Gasteiger partial charge >= 0.3 is 6.03 Å². The summed E-state index contributed by atoms with van der Waals surface area (Å²) in [6, 6.07) is 13.6. The maximum Gasteiger partial charge on any atom is 0.319 e. The lowest BCUT2D eigenvalue weighted by molar-refractivity contribution is -0.117. The number of anilines is 2. The van der Waals surface area contributed by atoms with E-state index in [1.54, 1.807) is 29.2 Å². The van der Waals surface area contributed by atoms with Crippen LogP contribution in [0.15, 0.2) is 48.5 Å². The summed E-state index contributed by atoms with van der Waals surface area (Å²) in [5.41, 5.74) is 1.43. The molecule has 1 fully saturated rings. The molecule has 1 aliphatic heterocycles. The Balaban J connectivity index is 1.56. The van der Waals surface area contributed by atoms with Crippen molar-refractivity contribution < 1.29 is 14.3 Å². The smallest absolute Gasteiger partial charge is 0.319 e. The first kappa shape index (κ1) is 18.1. The molecule has 3 rings (SSSR count). The van der Waals surface area contributed by atoms with Gasteiger partial charge < -0.3 is 20.3 Å². The predicted octanol–water partition coefficient (Wildman–Crippen LogP) is 3.67. The molecule has 0 bridgehead atoms. The van der Waals surface area contributed by atoms with Crippen LogP contribution >= 0.6 is 11.6 Å². The fraction of sp³-hybridized carbons (Fsp3) is 0.263. The van der Waals surface area contributed by atoms with E-state index in [0.717, 1.165) is 11.4 Å². The van der Waals surface area contributed by atoms with Crippen molar-refractivity contribution >= 4 is 34.9 Å². The van der Waals surface area contributed by atoms with Crippen LogP contribution in [0.3, 0.4) is 0 Å². The van der Waals surface area contributed by atoms with E-state index >= 15 is 0 Å². The molecule has 1 saturated heterocycles. The van der Waals surface area contributed by atoms with Crippen LogP contribution in [-0.2, 0) is 4.79 Å². The SMILES string of the molecule is CCOc1ccc(N2C[C@@H](NC(=O)Nc3ccc(Cl)cc3)CC2=O)cc1. The van der Waals surface area contributed by atoms with Crippen LogP contribution < -0.4 is 20.3 Å². The minimum absolute atomic E-state index is 0.0223. The zero-order valence-corrected chi connectivity index (χ0v) is 15.1. The van der Waals surface area contributed by atoms with E-state index in [0.29, 0.717) is 23.9 Å². The first-order chi connectivity index (χ1) is 12.5. The summed E-state index contributed by atoms with van der Waals surface area (Å²) in [6.07, 6.45) is 0.265. The van der Waals surface area contributed by atoms with Gasteiger partial charge in [-0.3, -0.25) is 4.79 Å². The van der Waals surface area contributed by atoms with Crippen LogP contribution in [-0.4, -0.2) is 31.1 Å². The molecule has 3 amide bonds. The number of nitrogens with one attached hydrogen (secondary N) is 2. The third-order valence-electron chi connectivity index (χ3n) is 4.02. The van der Waals surface area contributed by atoms with Crippen molar-refractivity contribution in [2.75, 3.05) is 23.4 Å². The number of benzene rings is 2. The first-order valence-electron chi connectivity index (χ1n) is 8.41. The molecule has 136 valence electrons. The molecule has 0 radical (unpaired) electrons. The van der Waals surface area contributed by atoms with Gasteiger partial charge in [-0.1, -0.05) is 11.6 Å². The summed E-state index contributed by atoms with van der Waals surface area (Å²) < 4.78 is 5.41. The van der Waals surface area contributed by atoms with Gasteiger partial charge in [0, 0.05) is 29.4 Å². The number of urea groups is 1. The monoisotopic (exact) mass is 373 g/mol. The number of nitrogens with zero attached hydrogens (tertiary/aromatic N) is 1. The highest BCUT2D eigenvalue weighted by atomic mass is 35.5. The molecule has 1 heterocycles. The summed E-state index contributed by atoms with van der Waals surface area (Å²) >= 11 is 5.82. The topological polar surface area (TPSA) is 70.7 Å². The fourth-order valence-electron chi connectivity index (χ4n) is 2.83. The van der Waals surface area contributed by atoms with Gasteiger partial charge in [0.2, 0.25) is 5.91 Å². The summed E-state index contributed by atoms with van der Waals surface area (Å²) in [5.74, 6) is 0.742. The van der Waals surface area contributed by atoms with E-state index in [2.05, 4.69) is 10.6 Å². The second-order valence-electron chi connectivity index (χ2n) is 5.94. The molecule has 1 aliphatic rings. The molecular formula is C19H20ClN3O3. The number of rotatable bonds is 5. The molecule has 0 aliphatic carbocycles. The Morgan fingerprint density at radius 2 is 1.88 bits per heavy atom. The quantitative estimate of drug-likeness (QED) is 0.840. The van der Waals surface area contributed by atoms with Crippen molar-refractivity contribution in [1.82, 2.24) is 5.32 Å². The van der Waals surface area contributed by atoms with Gasteiger partial charge in [0.15, 0.2) is 0 Å². The van der Waals surface area contributed by atoms with E-state index < -0.39 is 0 Å². The van der Waals surface area contributed by atoms with Gasteiger partial charge in [-0.2, -0.15) is 0 Å². The van der Waals surface area contributed by atoms with Gasteiger partial charge in [-0.15, -0.1) is 0 Å². The van der Waals surface area contributed by atoms with Gasteiger partial charge in [0.25, 0.3) is 0 Å². The fourth-order valence-corrected chi connectivity index (χ4v) is 2.95. The molecule has 0 aromatic heterocycles. The number of hydrogen-bond acceptors (Lipinski definition) is 3. The van der Waals surface area contributed by atoms with Crippen molar-refractivity contribution in [3.8, 4) is 5.75 Å². The zero-order valence-electron chi connectivity index (χ0n) is 14.4. The Kier molecular flexibility index (Phi) is 5.63. The summed E-state index contributed by atoms with van der Waals surface area (Å²) in [5, 5.41) is 6.17. The highest BCUT2D eigenvalue weighted by Crippen LogP contribution is 2.24. The molecule has 7 heteroatoms. The van der Waals surface area contributed by atoms with Crippen molar-refractivity contribution in [3.05, 3.63) is 53.6 Å². The third kappa shape index (κ3) is 4.46. The molecule has 2 N–H and O–H groups in total. The number of hydrogen-bond donors (Lipinski definition) is 2. The molecule has 0 saturated carbocycles. The summed E-state index contributed by atoms with van der Waals surface area (Å²) in [4.78, 5) is 26.1. The second kappa shape index (κ2) is 8.10. The van der Waals surface area contributed by atoms with Crippen molar-refractivity contribution in [1.29, 1.82) is 0 Å². The average Bonchev–Trinajstić information content (AvgIpc) is 2.98. The van der Waals surface area contributed by atoms with Gasteiger partial charge in [0.1, 0.15) is 5.75 Å². The largest absolute Gasteiger partial charge is 0.494 e. The van der Waals surface area contributed by atoms with E-state index in [4.69, 9.17) is 16.3 Å². The molecule has 1 atom stereocenters. The van der Waals surface area contributed by atoms with E-state index in [-0.39, 0.29) is 24.4 Å². The van der Waals surface area contributed by atoms with Gasteiger partial charge in [0.05, 0.1) is 12.6 Å². The minimum atomic E-state index is -0.348. The first-order valence-corrected chi connectivity index (χ1v) is 8.79. The van der Waals surface area contributed by atoms with Crippen molar-refractivity contribution in [2.45, 2.75) is 19.4 Å². The lowest BCUT2D eigenvalue weighted by Crippen LogP contribution is -2.39. The van der Waals surface area contributed by atoms with Crippen LogP contribution in [0.2, 0.25) is 5.02 Å². The molecule has 0 unspecified atom stereocenters. The van der Waals surface area contributed by atoms with Crippen molar-refractivity contribution in [3.63, 3.8) is 0 Å². The van der Waals surface area contributed by atoms with Crippen LogP contribution in [0.4, 0.5) is 16.2 Å². The van der Waals surface area contributed by atoms with Crippen LogP contribution in [0.25, 0.3) is 0 Å². The molecule has 26 heavy (non-hydrogen) atoms. The normalized spacial score (nSPS) is 16.5. The highest BCUT2D eigenvalue weighted by molar-refractivity contribution is 6.30. The predicted molar refractivity (Wildman–Crippen MR) is 102 cm³/mol. The molecule has 6 nitrogen and oxygen atoms in total. The van der Waals surface area contributed by atoms with Crippen LogP contribution in [0, 0.1) is 0 Å². The Morgan fingerprint density at radius 3 is 2.54 bits per heavy atom. The second-order valence-corrected chi connectivity index (χ2v) is 6.37. The Bertz CT molecular complexity index is 778. The molecular weight excluding hydrogens is 354 g/mol. The standard InChI is InChI=1S/C19H20ClN3O3/c1-2-26-17-9-7-16(8-10-17)23-12-15(11-18(23)24)22-19(25)21-14-5-3-13(20)4-6-14/h3-10,15H,2,11-12H2,1H3,(H2,21,22,25)/t15-/m0/s1. The van der Waals surface area contributed by atoms with Crippen LogP contribution in [0.5, 0.6) is 5.75 Å². The number of halogens is 1. The number of carbonyl (C=O) groups is 2. The molecule has 0 spiro atoms. The van der Waals surface area contributed by atoms with Gasteiger partial charge in [-0.25, -0.2) is 4.79 Å². The van der Waals surface area contributed by atoms with Crippen molar-refractivity contribution in [2.24, 2.45) is 0 Å². The van der Waals surface area contributed by atoms with Gasteiger partial charge in [-0.05, 0) is 55.5 Å². The number of carbonyl (C=O) groups excluding carboxylic acids is 2. The third-order valence-corrected chi connectivity index (χ3v) is 4.27. The Morgan fingerprint density at radius 1 is 1.19 bits per heavy atom. The lowest BCUT2D eigenvalue weighted by Gasteiger charge is -2.18. The van der Waals surface area contributed by atoms with Crippen LogP contribution in [0.1, 0.15) is 13.3 Å². The minimum Gasteiger partial charge on any atom is -0.494 e. The molecule has 2 aromatic rings. The Hall–Kier alpha value is -2.73. The maximum atomic E-state index is 12.3. The Labute approximate surface area is 157 Å². The highest BCUT2D eigenvalue weighted by Gasteiger charge is 2.31. The molecule has 2 aromatic carbocycles. The van der Waals surface area contributed by atoms with E-state index in [1.165, 1.54) is 0 Å². The maximum absolute atomic E-state index is 12.3. The zero-order chi connectivity index (χ0) is 18.5. The lowest BCUT2D eigenvalue weighted by atomic mass is 10.2. The average molecular weight is 374 g/mol. The summed E-state index contributed by atoms with van der Waals surface area (Å²) in [7, 11) is 0. The summed E-state index contributed by atoms with van der Waals surface area (Å²) in [6.45, 7) is 2.95. The number of amides is 3. The van der Waals surface area contributed by atoms with E-state index in [1.807, 2.05) is 31.2 Å². The number of ether oxygens (including phenoxy) is 1.